The van der Waals surface area contributed by atoms with Crippen molar-refractivity contribution in [3.63, 3.8) is 0 Å². The lowest BCUT2D eigenvalue weighted by Gasteiger charge is -2.36. The third-order valence-electron chi connectivity index (χ3n) is 5.98. The number of aliphatic imine (C=N–C) groups is 1. The summed E-state index contributed by atoms with van der Waals surface area (Å²) in [6.45, 7) is 11.2. The lowest BCUT2D eigenvalue weighted by molar-refractivity contribution is -0.129. The number of guanidine groups is 1. The lowest BCUT2D eigenvalue weighted by atomic mass is 10.0. The van der Waals surface area contributed by atoms with Gasteiger partial charge in [0, 0.05) is 38.6 Å². The molecule has 0 aromatic heterocycles. The number of ether oxygens (including phenoxy) is 1. The summed E-state index contributed by atoms with van der Waals surface area (Å²) in [4.78, 5) is 21.4. The van der Waals surface area contributed by atoms with Crippen LogP contribution in [-0.4, -0.2) is 67.0 Å². The average Bonchev–Trinajstić information content (AvgIpc) is 3.16. The zero-order chi connectivity index (χ0) is 20.6. The molecule has 2 fully saturated rings. The monoisotopic (exact) mass is 528 g/mol. The number of amides is 1. The maximum atomic E-state index is 12.1. The molecular weight excluding hydrogens is 491 g/mol. The van der Waals surface area contributed by atoms with E-state index < -0.39 is 0 Å². The van der Waals surface area contributed by atoms with Crippen molar-refractivity contribution >= 4 is 35.8 Å². The number of hydrogen-bond acceptors (Lipinski definition) is 3. The number of morpholine rings is 1. The van der Waals surface area contributed by atoms with Gasteiger partial charge in [0.15, 0.2) is 5.96 Å². The first-order valence-electron chi connectivity index (χ1n) is 11.1. The van der Waals surface area contributed by atoms with Crippen molar-refractivity contribution in [2.45, 2.75) is 58.6 Å². The van der Waals surface area contributed by atoms with Gasteiger partial charge in [-0.3, -0.25) is 9.79 Å². The van der Waals surface area contributed by atoms with Gasteiger partial charge in [-0.25, -0.2) is 0 Å². The maximum absolute atomic E-state index is 12.1. The molecular formula is C23H37IN4O2. The quantitative estimate of drug-likeness (QED) is 0.333. The maximum Gasteiger partial charge on any atom is 0.222 e. The molecule has 1 amide bonds. The van der Waals surface area contributed by atoms with E-state index in [4.69, 9.17) is 9.73 Å². The highest BCUT2D eigenvalue weighted by Crippen LogP contribution is 2.25. The third kappa shape index (κ3) is 6.33. The van der Waals surface area contributed by atoms with E-state index in [-0.39, 0.29) is 30.1 Å². The normalized spacial score (nSPS) is 20.8. The molecule has 2 aliphatic rings. The standard InChI is InChI=1S/C23H36N4O2.HI/c1-4-19(27-14-8-11-22(27)28)12-13-25-23(24-5-2)26-15-16-29-21(17-26)20-10-7-6-9-18(20)3;/h6-7,9-10,19,21H,4-5,8,11-17H2,1-3H3,(H,24,25);1H. The average molecular weight is 528 g/mol. The van der Waals surface area contributed by atoms with Crippen LogP contribution in [0.15, 0.2) is 29.3 Å². The molecule has 1 aromatic carbocycles. The highest BCUT2D eigenvalue weighted by molar-refractivity contribution is 14.0. The van der Waals surface area contributed by atoms with Crippen LogP contribution in [0.1, 0.15) is 56.8 Å². The molecule has 7 heteroatoms. The molecule has 0 bridgehead atoms. The molecule has 0 radical (unpaired) electrons. The van der Waals surface area contributed by atoms with Crippen LogP contribution >= 0.6 is 24.0 Å². The smallest absolute Gasteiger partial charge is 0.222 e. The second-order valence-corrected chi connectivity index (χ2v) is 7.94. The van der Waals surface area contributed by atoms with Gasteiger partial charge >= 0.3 is 0 Å². The van der Waals surface area contributed by atoms with Crippen LogP contribution in [0.2, 0.25) is 0 Å². The van der Waals surface area contributed by atoms with Crippen molar-refractivity contribution in [3.05, 3.63) is 35.4 Å². The summed E-state index contributed by atoms with van der Waals surface area (Å²) in [6.07, 6.45) is 3.68. The number of halogens is 1. The van der Waals surface area contributed by atoms with E-state index in [2.05, 4.69) is 60.2 Å². The van der Waals surface area contributed by atoms with Gasteiger partial charge in [-0.2, -0.15) is 0 Å². The highest BCUT2D eigenvalue weighted by atomic mass is 127. The molecule has 6 nitrogen and oxygen atoms in total. The molecule has 3 rings (SSSR count). The molecule has 1 aromatic rings. The molecule has 1 N–H and O–H groups in total. The Morgan fingerprint density at radius 2 is 2.10 bits per heavy atom. The van der Waals surface area contributed by atoms with Gasteiger partial charge in [-0.1, -0.05) is 31.2 Å². The topological polar surface area (TPSA) is 57.2 Å². The van der Waals surface area contributed by atoms with Crippen molar-refractivity contribution in [1.82, 2.24) is 15.1 Å². The summed E-state index contributed by atoms with van der Waals surface area (Å²) >= 11 is 0. The summed E-state index contributed by atoms with van der Waals surface area (Å²) in [5.41, 5.74) is 2.52. The van der Waals surface area contributed by atoms with E-state index >= 15 is 0 Å². The van der Waals surface area contributed by atoms with Crippen molar-refractivity contribution in [2.75, 3.05) is 39.3 Å². The van der Waals surface area contributed by atoms with E-state index in [1.165, 1.54) is 11.1 Å². The number of rotatable bonds is 7. The van der Waals surface area contributed by atoms with E-state index in [1.54, 1.807) is 0 Å². The number of nitrogens with zero attached hydrogens (tertiary/aromatic N) is 3. The molecule has 0 aliphatic carbocycles. The predicted molar refractivity (Wildman–Crippen MR) is 132 cm³/mol. The first kappa shape index (κ1) is 24.9. The van der Waals surface area contributed by atoms with Gasteiger partial charge in [0.25, 0.3) is 0 Å². The van der Waals surface area contributed by atoms with E-state index in [0.717, 1.165) is 57.9 Å². The lowest BCUT2D eigenvalue weighted by Crippen LogP contribution is -2.48. The molecule has 2 heterocycles. The number of carbonyl (C=O) groups excluding carboxylic acids is 1. The van der Waals surface area contributed by atoms with Gasteiger partial charge in [0.05, 0.1) is 13.2 Å². The Hall–Kier alpha value is -1.35. The first-order valence-corrected chi connectivity index (χ1v) is 11.1. The van der Waals surface area contributed by atoms with Crippen LogP contribution < -0.4 is 5.32 Å². The SMILES string of the molecule is CCNC(=NCCC(CC)N1CCCC1=O)N1CCOC(c2ccccc2C)C1.I. The molecule has 2 aliphatic heterocycles. The first-order chi connectivity index (χ1) is 14.1. The number of benzene rings is 1. The zero-order valence-corrected chi connectivity index (χ0v) is 20.9. The number of carbonyl (C=O) groups is 1. The molecule has 2 unspecified atom stereocenters. The summed E-state index contributed by atoms with van der Waals surface area (Å²) in [6, 6.07) is 8.75. The zero-order valence-electron chi connectivity index (χ0n) is 18.6. The third-order valence-corrected chi connectivity index (χ3v) is 5.98. The Labute approximate surface area is 198 Å². The van der Waals surface area contributed by atoms with Gasteiger partial charge in [-0.05, 0) is 44.2 Å². The van der Waals surface area contributed by atoms with Crippen molar-refractivity contribution < 1.29 is 9.53 Å². The predicted octanol–water partition coefficient (Wildman–Crippen LogP) is 3.74. The minimum Gasteiger partial charge on any atom is -0.370 e. The Bertz CT molecular complexity index is 712. The van der Waals surface area contributed by atoms with E-state index in [0.29, 0.717) is 25.0 Å². The van der Waals surface area contributed by atoms with Gasteiger partial charge in [0.1, 0.15) is 6.10 Å². The van der Waals surface area contributed by atoms with Crippen LogP contribution in [0, 0.1) is 6.92 Å². The fourth-order valence-corrected chi connectivity index (χ4v) is 4.36. The van der Waals surface area contributed by atoms with E-state index in [9.17, 15) is 4.79 Å². The van der Waals surface area contributed by atoms with Crippen molar-refractivity contribution in [3.8, 4) is 0 Å². The Balaban J connectivity index is 0.00000320. The summed E-state index contributed by atoms with van der Waals surface area (Å²) < 4.78 is 6.07. The van der Waals surface area contributed by atoms with Crippen LogP contribution in [0.4, 0.5) is 0 Å². The molecule has 0 spiro atoms. The summed E-state index contributed by atoms with van der Waals surface area (Å²) in [5.74, 6) is 1.26. The van der Waals surface area contributed by atoms with Crippen molar-refractivity contribution in [1.29, 1.82) is 0 Å². The molecule has 30 heavy (non-hydrogen) atoms. The fraction of sp³-hybridized carbons (Fsp3) is 0.652. The minimum atomic E-state index is 0. The fourth-order valence-electron chi connectivity index (χ4n) is 4.36. The number of aryl methyl sites for hydroxylation is 1. The summed E-state index contributed by atoms with van der Waals surface area (Å²) in [7, 11) is 0. The Morgan fingerprint density at radius 1 is 1.30 bits per heavy atom. The number of likely N-dealkylation sites (tertiary alicyclic amines) is 1. The molecule has 168 valence electrons. The molecule has 2 atom stereocenters. The largest absolute Gasteiger partial charge is 0.370 e. The van der Waals surface area contributed by atoms with Crippen LogP contribution in [0.5, 0.6) is 0 Å². The highest BCUT2D eigenvalue weighted by Gasteiger charge is 2.27. The molecule has 2 saturated heterocycles. The second kappa shape index (κ2) is 12.5. The van der Waals surface area contributed by atoms with Crippen LogP contribution in [0.25, 0.3) is 0 Å². The van der Waals surface area contributed by atoms with Gasteiger partial charge < -0.3 is 19.9 Å². The van der Waals surface area contributed by atoms with E-state index in [1.807, 2.05) is 0 Å². The molecule has 0 saturated carbocycles. The Kier molecular flexibility index (Phi) is 10.4. The number of nitrogens with one attached hydrogen (secondary N) is 1. The Morgan fingerprint density at radius 3 is 2.77 bits per heavy atom. The van der Waals surface area contributed by atoms with Crippen molar-refractivity contribution in [2.24, 2.45) is 4.99 Å². The van der Waals surface area contributed by atoms with Crippen LogP contribution in [0.3, 0.4) is 0 Å². The number of hydrogen-bond donors (Lipinski definition) is 1. The minimum absolute atomic E-state index is 0. The van der Waals surface area contributed by atoms with Gasteiger partial charge in [0.2, 0.25) is 5.91 Å². The summed E-state index contributed by atoms with van der Waals surface area (Å²) in [5, 5.41) is 3.45. The van der Waals surface area contributed by atoms with Gasteiger partial charge in [-0.15, -0.1) is 24.0 Å². The second-order valence-electron chi connectivity index (χ2n) is 7.94. The van der Waals surface area contributed by atoms with Crippen LogP contribution in [-0.2, 0) is 9.53 Å².